The lowest BCUT2D eigenvalue weighted by atomic mass is 9.90. The van der Waals surface area contributed by atoms with Crippen molar-refractivity contribution >= 4 is 27.1 Å². The third-order valence-corrected chi connectivity index (χ3v) is 5.07. The fourth-order valence-corrected chi connectivity index (χ4v) is 3.38. The van der Waals surface area contributed by atoms with E-state index in [4.69, 9.17) is 0 Å². The van der Waals surface area contributed by atoms with Gasteiger partial charge in [0.1, 0.15) is 0 Å². The summed E-state index contributed by atoms with van der Waals surface area (Å²) in [4.78, 5) is 12.1. The third-order valence-electron chi connectivity index (χ3n) is 3.94. The molecule has 5 nitrogen and oxygen atoms in total. The zero-order valence-electron chi connectivity index (χ0n) is 12.7. The van der Waals surface area contributed by atoms with Gasteiger partial charge in [0, 0.05) is 36.5 Å². The van der Waals surface area contributed by atoms with E-state index in [0.717, 1.165) is 16.9 Å². The van der Waals surface area contributed by atoms with Gasteiger partial charge in [-0.1, -0.05) is 18.2 Å². The lowest BCUT2D eigenvalue weighted by Gasteiger charge is -2.26. The predicted octanol–water partition coefficient (Wildman–Crippen LogP) is 2.63. The SMILES string of the molecule is CS(=O)(=O)c1ccc(NCC2CC(=O)Nc3ccccc32)cc1. The highest BCUT2D eigenvalue weighted by Gasteiger charge is 2.24. The Labute approximate surface area is 135 Å². The molecule has 23 heavy (non-hydrogen) atoms. The molecule has 1 amide bonds. The van der Waals surface area contributed by atoms with Crippen molar-refractivity contribution in [3.05, 3.63) is 54.1 Å². The summed E-state index contributed by atoms with van der Waals surface area (Å²) in [6, 6.07) is 14.4. The van der Waals surface area contributed by atoms with Gasteiger partial charge in [-0.3, -0.25) is 4.79 Å². The number of benzene rings is 2. The van der Waals surface area contributed by atoms with Crippen molar-refractivity contribution in [2.24, 2.45) is 0 Å². The number of fused-ring (bicyclic) bond motifs is 1. The van der Waals surface area contributed by atoms with Crippen LogP contribution < -0.4 is 10.6 Å². The average Bonchev–Trinajstić information content (AvgIpc) is 2.52. The van der Waals surface area contributed by atoms with Crippen LogP contribution in [0.15, 0.2) is 53.4 Å². The first-order chi connectivity index (χ1) is 10.9. The van der Waals surface area contributed by atoms with Crippen molar-refractivity contribution in [3.63, 3.8) is 0 Å². The maximum absolute atomic E-state index is 11.8. The van der Waals surface area contributed by atoms with Gasteiger partial charge in [0.25, 0.3) is 0 Å². The highest BCUT2D eigenvalue weighted by atomic mass is 32.2. The monoisotopic (exact) mass is 330 g/mol. The molecule has 6 heteroatoms. The van der Waals surface area contributed by atoms with Crippen LogP contribution >= 0.6 is 0 Å². The van der Waals surface area contributed by atoms with Crippen LogP contribution in [0.25, 0.3) is 0 Å². The van der Waals surface area contributed by atoms with Crippen molar-refractivity contribution < 1.29 is 13.2 Å². The minimum atomic E-state index is -3.18. The van der Waals surface area contributed by atoms with Crippen LogP contribution in [0.5, 0.6) is 0 Å². The van der Waals surface area contributed by atoms with Crippen LogP contribution in [-0.2, 0) is 14.6 Å². The summed E-state index contributed by atoms with van der Waals surface area (Å²) in [5.74, 6) is 0.109. The van der Waals surface area contributed by atoms with Crippen LogP contribution in [0.3, 0.4) is 0 Å². The molecule has 0 radical (unpaired) electrons. The molecule has 0 bridgehead atoms. The number of nitrogens with one attached hydrogen (secondary N) is 2. The van der Waals surface area contributed by atoms with Crippen LogP contribution in [0.1, 0.15) is 17.9 Å². The van der Waals surface area contributed by atoms with Crippen LogP contribution in [0.4, 0.5) is 11.4 Å². The van der Waals surface area contributed by atoms with Gasteiger partial charge >= 0.3 is 0 Å². The van der Waals surface area contributed by atoms with E-state index in [1.54, 1.807) is 24.3 Å². The number of sulfone groups is 1. The molecule has 1 aliphatic heterocycles. The standard InChI is InChI=1S/C17H18N2O3S/c1-23(21,22)14-8-6-13(7-9-14)18-11-12-10-17(20)19-16-5-3-2-4-15(12)16/h2-9,12,18H,10-11H2,1H3,(H,19,20). The van der Waals surface area contributed by atoms with Crippen molar-refractivity contribution in [2.45, 2.75) is 17.2 Å². The molecule has 0 saturated carbocycles. The first-order valence-electron chi connectivity index (χ1n) is 7.36. The second kappa shape index (κ2) is 6.04. The zero-order chi connectivity index (χ0) is 16.4. The van der Waals surface area contributed by atoms with E-state index in [-0.39, 0.29) is 11.8 Å². The fourth-order valence-electron chi connectivity index (χ4n) is 2.74. The van der Waals surface area contributed by atoms with Gasteiger partial charge in [-0.05, 0) is 35.9 Å². The quantitative estimate of drug-likeness (QED) is 0.903. The van der Waals surface area contributed by atoms with Gasteiger partial charge in [-0.2, -0.15) is 0 Å². The molecular formula is C17H18N2O3S. The summed E-state index contributed by atoms with van der Waals surface area (Å²) >= 11 is 0. The Morgan fingerprint density at radius 1 is 1.13 bits per heavy atom. The summed E-state index contributed by atoms with van der Waals surface area (Å²) < 4.78 is 22.9. The summed E-state index contributed by atoms with van der Waals surface area (Å²) in [6.45, 7) is 0.614. The predicted molar refractivity (Wildman–Crippen MR) is 90.5 cm³/mol. The number of rotatable bonds is 4. The van der Waals surface area contributed by atoms with Gasteiger partial charge < -0.3 is 10.6 Å². The van der Waals surface area contributed by atoms with E-state index in [2.05, 4.69) is 10.6 Å². The number of carbonyl (C=O) groups is 1. The molecule has 0 aliphatic carbocycles. The third kappa shape index (κ3) is 3.53. The molecule has 1 heterocycles. The summed E-state index contributed by atoms with van der Waals surface area (Å²) in [5.41, 5.74) is 2.82. The van der Waals surface area contributed by atoms with E-state index >= 15 is 0 Å². The molecule has 2 N–H and O–H groups in total. The van der Waals surface area contributed by atoms with Gasteiger partial charge in [0.15, 0.2) is 9.84 Å². The number of hydrogen-bond donors (Lipinski definition) is 2. The molecule has 2 aromatic rings. The molecule has 3 rings (SSSR count). The van der Waals surface area contributed by atoms with E-state index in [0.29, 0.717) is 17.9 Å². The molecule has 0 saturated heterocycles. The Kier molecular flexibility index (Phi) is 4.09. The van der Waals surface area contributed by atoms with E-state index < -0.39 is 9.84 Å². The Morgan fingerprint density at radius 3 is 2.52 bits per heavy atom. The van der Waals surface area contributed by atoms with Crippen molar-refractivity contribution in [2.75, 3.05) is 23.4 Å². The Morgan fingerprint density at radius 2 is 1.83 bits per heavy atom. The molecule has 1 unspecified atom stereocenters. The van der Waals surface area contributed by atoms with Crippen molar-refractivity contribution in [1.82, 2.24) is 0 Å². The van der Waals surface area contributed by atoms with Crippen LogP contribution in [0.2, 0.25) is 0 Å². The minimum absolute atomic E-state index is 0.0166. The number of para-hydroxylation sites is 1. The number of amides is 1. The molecule has 0 spiro atoms. The maximum atomic E-state index is 11.8. The van der Waals surface area contributed by atoms with E-state index in [9.17, 15) is 13.2 Å². The lowest BCUT2D eigenvalue weighted by molar-refractivity contribution is -0.116. The molecule has 1 atom stereocenters. The Balaban J connectivity index is 1.72. The summed E-state index contributed by atoms with van der Waals surface area (Å²) in [6.07, 6.45) is 1.62. The van der Waals surface area contributed by atoms with Gasteiger partial charge in [0.2, 0.25) is 5.91 Å². The highest BCUT2D eigenvalue weighted by Crippen LogP contribution is 2.32. The topological polar surface area (TPSA) is 75.3 Å². The molecule has 120 valence electrons. The number of carbonyl (C=O) groups excluding carboxylic acids is 1. The minimum Gasteiger partial charge on any atom is -0.384 e. The van der Waals surface area contributed by atoms with Crippen molar-refractivity contribution in [3.8, 4) is 0 Å². The smallest absolute Gasteiger partial charge is 0.225 e. The molecule has 0 fully saturated rings. The first kappa shape index (κ1) is 15.6. The number of anilines is 2. The van der Waals surface area contributed by atoms with Gasteiger partial charge in [-0.15, -0.1) is 0 Å². The zero-order valence-corrected chi connectivity index (χ0v) is 13.6. The second-order valence-electron chi connectivity index (χ2n) is 5.71. The second-order valence-corrected chi connectivity index (χ2v) is 7.73. The first-order valence-corrected chi connectivity index (χ1v) is 9.25. The molecule has 2 aromatic carbocycles. The molecule has 0 aromatic heterocycles. The van der Waals surface area contributed by atoms with E-state index in [1.165, 1.54) is 6.26 Å². The van der Waals surface area contributed by atoms with E-state index in [1.807, 2.05) is 24.3 Å². The maximum Gasteiger partial charge on any atom is 0.225 e. The van der Waals surface area contributed by atoms with Gasteiger partial charge in [0.05, 0.1) is 4.90 Å². The Hall–Kier alpha value is -2.34. The fraction of sp³-hybridized carbons (Fsp3) is 0.235. The number of hydrogen-bond acceptors (Lipinski definition) is 4. The summed E-state index contributed by atoms with van der Waals surface area (Å²) in [7, 11) is -3.18. The molecule has 1 aliphatic rings. The normalized spacial score (nSPS) is 17.3. The van der Waals surface area contributed by atoms with Crippen molar-refractivity contribution in [1.29, 1.82) is 0 Å². The largest absolute Gasteiger partial charge is 0.384 e. The lowest BCUT2D eigenvalue weighted by Crippen LogP contribution is -2.26. The Bertz CT molecular complexity index is 829. The highest BCUT2D eigenvalue weighted by molar-refractivity contribution is 7.90. The van der Waals surface area contributed by atoms with Gasteiger partial charge in [-0.25, -0.2) is 8.42 Å². The average molecular weight is 330 g/mol. The summed E-state index contributed by atoms with van der Waals surface area (Å²) in [5, 5.41) is 6.16. The van der Waals surface area contributed by atoms with Crippen LogP contribution in [0, 0.1) is 0 Å². The van der Waals surface area contributed by atoms with Crippen LogP contribution in [-0.4, -0.2) is 27.1 Å². The molecular weight excluding hydrogens is 312 g/mol.